The van der Waals surface area contributed by atoms with Gasteiger partial charge in [-0.05, 0) is 11.6 Å². The minimum atomic E-state index is -0.479. The maximum atomic E-state index is 11.1. The average molecular weight is 193 g/mol. The molecule has 0 saturated heterocycles. The van der Waals surface area contributed by atoms with Crippen molar-refractivity contribution in [3.63, 3.8) is 0 Å². The van der Waals surface area contributed by atoms with E-state index in [0.29, 0.717) is 6.54 Å². The predicted molar refractivity (Wildman–Crippen MR) is 49.1 cm³/mol. The first-order valence-corrected chi connectivity index (χ1v) is 4.25. The monoisotopic (exact) mass is 193 g/mol. The zero-order chi connectivity index (χ0) is 10.1. The number of hydrogen-bond donors (Lipinski definition) is 1. The standard InChI is InChI=1S/C9H11N3O2/c1-14-8-7-2-3-11-4-6(7)5-12(8)9(10)13/h2-4,8H,5H2,1H3,(H2,10,13). The largest absolute Gasteiger partial charge is 0.357 e. The third kappa shape index (κ3) is 1.22. The molecule has 14 heavy (non-hydrogen) atoms. The summed E-state index contributed by atoms with van der Waals surface area (Å²) in [5.41, 5.74) is 7.17. The van der Waals surface area contributed by atoms with Crippen LogP contribution in [-0.2, 0) is 11.3 Å². The van der Waals surface area contributed by atoms with Gasteiger partial charge in [0.05, 0.1) is 6.54 Å². The maximum absolute atomic E-state index is 11.1. The molecule has 2 heterocycles. The van der Waals surface area contributed by atoms with E-state index < -0.39 is 6.03 Å². The van der Waals surface area contributed by atoms with Crippen LogP contribution in [0.2, 0.25) is 0 Å². The Hall–Kier alpha value is -1.62. The SMILES string of the molecule is COC1c2ccncc2CN1C(N)=O. The number of primary amides is 1. The molecule has 2 rings (SSSR count). The second-order valence-corrected chi connectivity index (χ2v) is 3.13. The lowest BCUT2D eigenvalue weighted by molar-refractivity contribution is 0.00220. The highest BCUT2D eigenvalue weighted by molar-refractivity contribution is 5.73. The number of ether oxygens (including phenoxy) is 1. The number of amides is 2. The van der Waals surface area contributed by atoms with Crippen molar-refractivity contribution in [2.75, 3.05) is 7.11 Å². The average Bonchev–Trinajstić information content (AvgIpc) is 2.56. The van der Waals surface area contributed by atoms with Crippen LogP contribution in [0.5, 0.6) is 0 Å². The molecule has 1 aromatic heterocycles. The van der Waals surface area contributed by atoms with E-state index in [2.05, 4.69) is 4.98 Å². The van der Waals surface area contributed by atoms with Crippen LogP contribution in [-0.4, -0.2) is 23.0 Å². The van der Waals surface area contributed by atoms with Crippen LogP contribution in [0.25, 0.3) is 0 Å². The molecule has 74 valence electrons. The molecule has 2 amide bonds. The number of methoxy groups -OCH3 is 1. The van der Waals surface area contributed by atoms with Gasteiger partial charge in [0.15, 0.2) is 6.23 Å². The van der Waals surface area contributed by atoms with E-state index in [4.69, 9.17) is 10.5 Å². The summed E-state index contributed by atoms with van der Waals surface area (Å²) in [7, 11) is 1.55. The summed E-state index contributed by atoms with van der Waals surface area (Å²) in [6.07, 6.45) is 3.03. The second-order valence-electron chi connectivity index (χ2n) is 3.13. The first-order valence-electron chi connectivity index (χ1n) is 4.25. The lowest BCUT2D eigenvalue weighted by Crippen LogP contribution is -2.34. The molecule has 1 unspecified atom stereocenters. The van der Waals surface area contributed by atoms with Crippen LogP contribution in [0.15, 0.2) is 18.5 Å². The third-order valence-corrected chi connectivity index (χ3v) is 2.34. The molecular weight excluding hydrogens is 182 g/mol. The first kappa shape index (κ1) is 8.96. The number of fused-ring (bicyclic) bond motifs is 1. The lowest BCUT2D eigenvalue weighted by atomic mass is 10.2. The molecule has 5 nitrogen and oxygen atoms in total. The van der Waals surface area contributed by atoms with Gasteiger partial charge in [0.2, 0.25) is 0 Å². The number of carbonyl (C=O) groups excluding carboxylic acids is 1. The molecule has 0 spiro atoms. The Morgan fingerprint density at radius 1 is 1.79 bits per heavy atom. The molecule has 0 bridgehead atoms. The van der Waals surface area contributed by atoms with E-state index in [9.17, 15) is 4.79 Å². The van der Waals surface area contributed by atoms with Crippen molar-refractivity contribution >= 4 is 6.03 Å². The van der Waals surface area contributed by atoms with Crippen molar-refractivity contribution < 1.29 is 9.53 Å². The van der Waals surface area contributed by atoms with E-state index in [-0.39, 0.29) is 6.23 Å². The summed E-state index contributed by atoms with van der Waals surface area (Å²) in [5.74, 6) is 0. The van der Waals surface area contributed by atoms with Crippen molar-refractivity contribution in [3.8, 4) is 0 Å². The van der Waals surface area contributed by atoms with Gasteiger partial charge >= 0.3 is 6.03 Å². The molecule has 1 aliphatic heterocycles. The van der Waals surface area contributed by atoms with E-state index in [1.54, 1.807) is 19.5 Å². The Bertz CT molecular complexity index is 367. The van der Waals surface area contributed by atoms with Crippen molar-refractivity contribution in [2.45, 2.75) is 12.8 Å². The number of aromatic nitrogens is 1. The number of nitrogens with two attached hydrogens (primary N) is 1. The number of urea groups is 1. The molecule has 1 aliphatic rings. The summed E-state index contributed by atoms with van der Waals surface area (Å²) in [6, 6.07) is 1.36. The normalized spacial score (nSPS) is 19.5. The molecule has 0 aromatic carbocycles. The number of rotatable bonds is 1. The van der Waals surface area contributed by atoms with Crippen LogP contribution in [0, 0.1) is 0 Å². The summed E-state index contributed by atoms with van der Waals surface area (Å²) in [6.45, 7) is 0.469. The fraction of sp³-hybridized carbons (Fsp3) is 0.333. The molecule has 0 aliphatic carbocycles. The highest BCUT2D eigenvalue weighted by Crippen LogP contribution is 2.32. The molecule has 0 fully saturated rings. The zero-order valence-corrected chi connectivity index (χ0v) is 7.80. The van der Waals surface area contributed by atoms with Crippen LogP contribution in [0.3, 0.4) is 0 Å². The number of pyridine rings is 1. The Morgan fingerprint density at radius 3 is 3.21 bits per heavy atom. The predicted octanol–water partition coefficient (Wildman–Crippen LogP) is 0.621. The van der Waals surface area contributed by atoms with Crippen molar-refractivity contribution in [1.29, 1.82) is 0 Å². The Balaban J connectivity index is 2.38. The fourth-order valence-electron chi connectivity index (χ4n) is 1.69. The highest BCUT2D eigenvalue weighted by atomic mass is 16.5. The van der Waals surface area contributed by atoms with Crippen LogP contribution >= 0.6 is 0 Å². The van der Waals surface area contributed by atoms with E-state index in [1.807, 2.05) is 6.07 Å². The van der Waals surface area contributed by atoms with Crippen LogP contribution in [0.1, 0.15) is 17.4 Å². The molecular formula is C9H11N3O2. The maximum Gasteiger partial charge on any atom is 0.317 e. The van der Waals surface area contributed by atoms with E-state index in [1.165, 1.54) is 4.90 Å². The first-order chi connectivity index (χ1) is 6.74. The van der Waals surface area contributed by atoms with Gasteiger partial charge in [-0.1, -0.05) is 0 Å². The van der Waals surface area contributed by atoms with Gasteiger partial charge in [0, 0.05) is 25.1 Å². The summed E-state index contributed by atoms with van der Waals surface area (Å²) >= 11 is 0. The zero-order valence-electron chi connectivity index (χ0n) is 7.80. The summed E-state index contributed by atoms with van der Waals surface area (Å²) in [5, 5.41) is 0. The summed E-state index contributed by atoms with van der Waals surface area (Å²) in [4.78, 5) is 16.5. The van der Waals surface area contributed by atoms with Gasteiger partial charge in [-0.15, -0.1) is 0 Å². The minimum absolute atomic E-state index is 0.370. The Labute approximate surface area is 81.5 Å². The summed E-state index contributed by atoms with van der Waals surface area (Å²) < 4.78 is 5.21. The van der Waals surface area contributed by atoms with Gasteiger partial charge in [0.1, 0.15) is 0 Å². The van der Waals surface area contributed by atoms with Gasteiger partial charge in [-0.25, -0.2) is 4.79 Å². The smallest absolute Gasteiger partial charge is 0.317 e. The molecule has 2 N–H and O–H groups in total. The molecule has 0 radical (unpaired) electrons. The fourth-order valence-corrected chi connectivity index (χ4v) is 1.69. The van der Waals surface area contributed by atoms with Gasteiger partial charge in [-0.2, -0.15) is 0 Å². The molecule has 0 saturated carbocycles. The highest BCUT2D eigenvalue weighted by Gasteiger charge is 2.32. The third-order valence-electron chi connectivity index (χ3n) is 2.34. The number of nitrogens with zero attached hydrogens (tertiary/aromatic N) is 2. The van der Waals surface area contributed by atoms with E-state index >= 15 is 0 Å². The topological polar surface area (TPSA) is 68.4 Å². The van der Waals surface area contributed by atoms with Crippen molar-refractivity contribution in [2.24, 2.45) is 5.73 Å². The Kier molecular flexibility index (Phi) is 2.09. The molecule has 1 aromatic rings. The lowest BCUT2D eigenvalue weighted by Gasteiger charge is -2.21. The molecule has 5 heteroatoms. The Morgan fingerprint density at radius 2 is 2.57 bits per heavy atom. The number of carbonyl (C=O) groups is 1. The quantitative estimate of drug-likeness (QED) is 0.710. The van der Waals surface area contributed by atoms with Gasteiger partial charge in [-0.3, -0.25) is 9.88 Å². The second kappa shape index (κ2) is 3.26. The number of hydrogen-bond acceptors (Lipinski definition) is 3. The van der Waals surface area contributed by atoms with Crippen LogP contribution in [0.4, 0.5) is 4.79 Å². The van der Waals surface area contributed by atoms with Gasteiger partial charge < -0.3 is 10.5 Å². The van der Waals surface area contributed by atoms with Crippen molar-refractivity contribution in [1.82, 2.24) is 9.88 Å². The van der Waals surface area contributed by atoms with E-state index in [0.717, 1.165) is 11.1 Å². The van der Waals surface area contributed by atoms with Gasteiger partial charge in [0.25, 0.3) is 0 Å². The van der Waals surface area contributed by atoms with Crippen molar-refractivity contribution in [3.05, 3.63) is 29.6 Å². The minimum Gasteiger partial charge on any atom is -0.357 e. The van der Waals surface area contributed by atoms with Crippen LogP contribution < -0.4 is 5.73 Å². The molecule has 1 atom stereocenters.